The van der Waals surface area contributed by atoms with E-state index in [4.69, 9.17) is 32.7 Å². The normalized spacial score (nSPS) is 10.9. The third-order valence-electron chi connectivity index (χ3n) is 3.39. The second-order valence-corrected chi connectivity index (χ2v) is 7.20. The number of benzene rings is 2. The quantitative estimate of drug-likeness (QED) is 0.310. The monoisotopic (exact) mass is 516 g/mol. The average molecular weight is 517 g/mol. The maximum Gasteiger partial charge on any atom is 0.266 e. The number of anilines is 1. The standard InChI is InChI=1S/C19H15Cl2IN2O3/c1-3-27-17-8-11(7-16(22)18(17)26-2)6-12(10-23)19(25)24-13-4-5-14(20)15(21)9-13/h4-9H,3H2,1-2H3,(H,24,25)/b12-6-. The molecule has 0 fully saturated rings. The fourth-order valence-electron chi connectivity index (χ4n) is 2.22. The van der Waals surface area contributed by atoms with Gasteiger partial charge in [-0.1, -0.05) is 23.2 Å². The van der Waals surface area contributed by atoms with Crippen molar-refractivity contribution in [2.75, 3.05) is 19.0 Å². The second kappa shape index (κ2) is 9.83. The van der Waals surface area contributed by atoms with Crippen LogP contribution in [0.2, 0.25) is 10.0 Å². The van der Waals surface area contributed by atoms with Gasteiger partial charge >= 0.3 is 0 Å². The first kappa shape index (κ1) is 21.4. The van der Waals surface area contributed by atoms with Crippen LogP contribution in [0.15, 0.2) is 35.9 Å². The zero-order chi connectivity index (χ0) is 20.0. The molecule has 1 N–H and O–H groups in total. The molecule has 0 aliphatic carbocycles. The number of nitriles is 1. The van der Waals surface area contributed by atoms with Gasteiger partial charge in [0.1, 0.15) is 11.6 Å². The molecule has 140 valence electrons. The Balaban J connectivity index is 2.33. The van der Waals surface area contributed by atoms with Crippen molar-refractivity contribution in [2.45, 2.75) is 6.92 Å². The van der Waals surface area contributed by atoms with Gasteiger partial charge in [-0.15, -0.1) is 0 Å². The van der Waals surface area contributed by atoms with Gasteiger partial charge in [-0.25, -0.2) is 0 Å². The van der Waals surface area contributed by atoms with E-state index in [1.165, 1.54) is 12.1 Å². The van der Waals surface area contributed by atoms with E-state index in [1.807, 2.05) is 13.0 Å². The molecular weight excluding hydrogens is 502 g/mol. The van der Waals surface area contributed by atoms with Gasteiger partial charge in [-0.3, -0.25) is 4.79 Å². The van der Waals surface area contributed by atoms with Crippen LogP contribution in [0, 0.1) is 14.9 Å². The van der Waals surface area contributed by atoms with Crippen molar-refractivity contribution in [2.24, 2.45) is 0 Å². The molecular formula is C19H15Cl2IN2O3. The molecule has 0 saturated carbocycles. The molecule has 0 aliphatic rings. The summed E-state index contributed by atoms with van der Waals surface area (Å²) in [5, 5.41) is 12.7. The number of nitrogens with one attached hydrogen (secondary N) is 1. The van der Waals surface area contributed by atoms with Gasteiger partial charge in [0.2, 0.25) is 0 Å². The van der Waals surface area contributed by atoms with Crippen LogP contribution in [0.1, 0.15) is 12.5 Å². The van der Waals surface area contributed by atoms with Gasteiger partial charge in [0.05, 0.1) is 27.3 Å². The Labute approximate surface area is 181 Å². The Morgan fingerprint density at radius 2 is 2.04 bits per heavy atom. The number of nitrogens with zero attached hydrogens (tertiary/aromatic N) is 1. The fourth-order valence-corrected chi connectivity index (χ4v) is 3.36. The second-order valence-electron chi connectivity index (χ2n) is 5.22. The maximum atomic E-state index is 12.4. The minimum Gasteiger partial charge on any atom is -0.492 e. The number of amides is 1. The Morgan fingerprint density at radius 1 is 1.30 bits per heavy atom. The molecule has 0 spiro atoms. The zero-order valence-electron chi connectivity index (χ0n) is 14.5. The highest BCUT2D eigenvalue weighted by molar-refractivity contribution is 14.1. The summed E-state index contributed by atoms with van der Waals surface area (Å²) in [7, 11) is 1.56. The van der Waals surface area contributed by atoms with Crippen LogP contribution >= 0.6 is 45.8 Å². The topological polar surface area (TPSA) is 71.3 Å². The SMILES string of the molecule is CCOc1cc(/C=C(/C#N)C(=O)Nc2ccc(Cl)c(Cl)c2)cc(I)c1OC. The summed E-state index contributed by atoms with van der Waals surface area (Å²) in [6.45, 7) is 2.32. The van der Waals surface area contributed by atoms with Crippen LogP contribution in [0.25, 0.3) is 6.08 Å². The predicted molar refractivity (Wildman–Crippen MR) is 116 cm³/mol. The van der Waals surface area contributed by atoms with Crippen LogP contribution in [0.3, 0.4) is 0 Å². The van der Waals surface area contributed by atoms with Crippen LogP contribution < -0.4 is 14.8 Å². The molecule has 2 rings (SSSR count). The Kier molecular flexibility index (Phi) is 7.78. The first-order valence-electron chi connectivity index (χ1n) is 7.78. The molecule has 0 heterocycles. The summed E-state index contributed by atoms with van der Waals surface area (Å²) < 4.78 is 11.7. The maximum absolute atomic E-state index is 12.4. The average Bonchev–Trinajstić information content (AvgIpc) is 2.63. The van der Waals surface area contributed by atoms with Crippen molar-refractivity contribution in [1.29, 1.82) is 5.26 Å². The highest BCUT2D eigenvalue weighted by Crippen LogP contribution is 2.34. The largest absolute Gasteiger partial charge is 0.492 e. The number of hydrogen-bond acceptors (Lipinski definition) is 4. The molecule has 5 nitrogen and oxygen atoms in total. The summed E-state index contributed by atoms with van der Waals surface area (Å²) in [6.07, 6.45) is 1.48. The molecule has 0 aromatic heterocycles. The first-order valence-corrected chi connectivity index (χ1v) is 9.61. The Hall–Kier alpha value is -1.95. The molecule has 0 unspecified atom stereocenters. The van der Waals surface area contributed by atoms with Crippen molar-refractivity contribution in [1.82, 2.24) is 0 Å². The number of carbonyl (C=O) groups is 1. The van der Waals surface area contributed by atoms with E-state index in [0.29, 0.717) is 39.4 Å². The molecule has 0 aliphatic heterocycles. The summed E-state index contributed by atoms with van der Waals surface area (Å²) in [4.78, 5) is 12.4. The third-order valence-corrected chi connectivity index (χ3v) is 4.93. The van der Waals surface area contributed by atoms with E-state index in [9.17, 15) is 10.1 Å². The molecule has 0 saturated heterocycles. The number of rotatable bonds is 6. The van der Waals surface area contributed by atoms with Gasteiger partial charge in [-0.2, -0.15) is 5.26 Å². The number of hydrogen-bond donors (Lipinski definition) is 1. The highest BCUT2D eigenvalue weighted by atomic mass is 127. The Morgan fingerprint density at radius 3 is 2.63 bits per heavy atom. The number of halogens is 3. The lowest BCUT2D eigenvalue weighted by molar-refractivity contribution is -0.112. The van der Waals surface area contributed by atoms with E-state index >= 15 is 0 Å². The third kappa shape index (κ3) is 5.51. The first-order chi connectivity index (χ1) is 12.9. The van der Waals surface area contributed by atoms with Crippen molar-refractivity contribution in [3.63, 3.8) is 0 Å². The van der Waals surface area contributed by atoms with Gasteiger partial charge in [-0.05, 0) is 71.5 Å². The number of methoxy groups -OCH3 is 1. The molecule has 0 radical (unpaired) electrons. The van der Waals surface area contributed by atoms with E-state index in [2.05, 4.69) is 27.9 Å². The van der Waals surface area contributed by atoms with E-state index < -0.39 is 5.91 Å². The summed E-state index contributed by atoms with van der Waals surface area (Å²) >= 11 is 13.9. The lowest BCUT2D eigenvalue weighted by Crippen LogP contribution is -2.13. The van der Waals surface area contributed by atoms with Crippen molar-refractivity contribution in [3.05, 3.63) is 55.1 Å². The van der Waals surface area contributed by atoms with Crippen LogP contribution in [0.5, 0.6) is 11.5 Å². The predicted octanol–water partition coefficient (Wildman–Crippen LogP) is 5.55. The van der Waals surface area contributed by atoms with E-state index in [0.717, 1.165) is 3.57 Å². The molecule has 0 bridgehead atoms. The minimum absolute atomic E-state index is 0.0653. The van der Waals surface area contributed by atoms with Gasteiger partial charge in [0.15, 0.2) is 11.5 Å². The fraction of sp³-hybridized carbons (Fsp3) is 0.158. The van der Waals surface area contributed by atoms with Crippen LogP contribution in [0.4, 0.5) is 5.69 Å². The van der Waals surface area contributed by atoms with Crippen LogP contribution in [-0.2, 0) is 4.79 Å². The van der Waals surface area contributed by atoms with E-state index in [1.54, 1.807) is 31.4 Å². The van der Waals surface area contributed by atoms with E-state index in [-0.39, 0.29) is 5.57 Å². The molecule has 8 heteroatoms. The Bertz CT molecular complexity index is 939. The number of carbonyl (C=O) groups excluding carboxylic acids is 1. The molecule has 1 amide bonds. The lowest BCUT2D eigenvalue weighted by Gasteiger charge is -2.12. The van der Waals surface area contributed by atoms with Gasteiger partial charge in [0.25, 0.3) is 5.91 Å². The van der Waals surface area contributed by atoms with Gasteiger partial charge < -0.3 is 14.8 Å². The zero-order valence-corrected chi connectivity index (χ0v) is 18.1. The molecule has 27 heavy (non-hydrogen) atoms. The molecule has 2 aromatic carbocycles. The highest BCUT2D eigenvalue weighted by Gasteiger charge is 2.14. The number of ether oxygens (including phenoxy) is 2. The lowest BCUT2D eigenvalue weighted by atomic mass is 10.1. The summed E-state index contributed by atoms with van der Waals surface area (Å²) in [5.74, 6) is 0.591. The smallest absolute Gasteiger partial charge is 0.266 e. The summed E-state index contributed by atoms with van der Waals surface area (Å²) in [5.41, 5.74) is 1.02. The summed E-state index contributed by atoms with van der Waals surface area (Å²) in [6, 6.07) is 10.1. The van der Waals surface area contributed by atoms with Crippen LogP contribution in [-0.4, -0.2) is 19.6 Å². The molecule has 2 aromatic rings. The molecule has 0 atom stereocenters. The van der Waals surface area contributed by atoms with Gasteiger partial charge in [0, 0.05) is 5.69 Å². The minimum atomic E-state index is -0.556. The van der Waals surface area contributed by atoms with Crippen molar-refractivity contribution < 1.29 is 14.3 Å². The van der Waals surface area contributed by atoms with Crippen molar-refractivity contribution >= 4 is 63.5 Å². The van der Waals surface area contributed by atoms with Crippen molar-refractivity contribution in [3.8, 4) is 17.6 Å².